The number of aliphatic hydroxyl groups excluding tert-OH is 2. The summed E-state index contributed by atoms with van der Waals surface area (Å²) in [6, 6.07) is 0. The number of rotatable bonds is 7. The van der Waals surface area contributed by atoms with Gasteiger partial charge in [0.2, 0.25) is 0 Å². The third kappa shape index (κ3) is 3.90. The highest BCUT2D eigenvalue weighted by molar-refractivity contribution is 5.66. The molecule has 4 heteroatoms. The molecule has 6 aliphatic rings. The number of unbranched alkanes of at least 4 members (excludes halogenated alkanes) is 1. The molecule has 0 aromatic heterocycles. The van der Waals surface area contributed by atoms with Crippen LogP contribution in [0.25, 0.3) is 0 Å². The molecule has 5 atom stereocenters. The lowest BCUT2D eigenvalue weighted by atomic mass is 9.48. The maximum atomic E-state index is 11.2. The molecule has 166 valence electrons. The minimum atomic E-state index is -0.720. The molecular formula is C26H38O4. The minimum absolute atomic E-state index is 0.110. The zero-order chi connectivity index (χ0) is 20.9. The van der Waals surface area contributed by atoms with E-state index < -0.39 is 5.97 Å². The number of aliphatic carboxylic acids is 1. The van der Waals surface area contributed by atoms with Gasteiger partial charge in [0, 0.05) is 17.8 Å². The van der Waals surface area contributed by atoms with E-state index in [1.54, 1.807) is 0 Å². The van der Waals surface area contributed by atoms with Crippen molar-refractivity contribution in [2.45, 2.75) is 89.3 Å². The molecule has 0 aromatic carbocycles. The first-order chi connectivity index (χ1) is 14.4. The lowest BCUT2D eigenvalue weighted by Gasteiger charge is -2.58. The second-order valence-electron chi connectivity index (χ2n) is 11.5. The highest BCUT2D eigenvalue weighted by Crippen LogP contribution is 2.61. The molecule has 0 saturated heterocycles. The van der Waals surface area contributed by atoms with Gasteiger partial charge in [-0.25, -0.2) is 0 Å². The van der Waals surface area contributed by atoms with Gasteiger partial charge >= 0.3 is 5.97 Å². The lowest BCUT2D eigenvalue weighted by molar-refractivity contribution is -0.137. The van der Waals surface area contributed by atoms with E-state index in [9.17, 15) is 15.0 Å². The van der Waals surface area contributed by atoms with Crippen LogP contribution in [-0.2, 0) is 4.79 Å². The van der Waals surface area contributed by atoms with E-state index in [1.165, 1.54) is 44.1 Å². The third-order valence-electron chi connectivity index (χ3n) is 9.37. The van der Waals surface area contributed by atoms with Crippen molar-refractivity contribution in [3.05, 3.63) is 23.8 Å². The number of hydrogen-bond donors (Lipinski definition) is 3. The van der Waals surface area contributed by atoms with Crippen LogP contribution in [0.2, 0.25) is 0 Å². The van der Waals surface area contributed by atoms with E-state index in [4.69, 9.17) is 5.11 Å². The van der Waals surface area contributed by atoms with E-state index in [-0.39, 0.29) is 30.0 Å². The maximum absolute atomic E-state index is 11.2. The molecule has 0 spiro atoms. The first kappa shape index (κ1) is 20.8. The van der Waals surface area contributed by atoms with Crippen molar-refractivity contribution < 1.29 is 20.1 Å². The van der Waals surface area contributed by atoms with Crippen LogP contribution in [0, 0.1) is 40.9 Å². The zero-order valence-electron chi connectivity index (χ0n) is 18.1. The highest BCUT2D eigenvalue weighted by atomic mass is 16.4. The van der Waals surface area contributed by atoms with Gasteiger partial charge in [-0.3, -0.25) is 4.79 Å². The number of fused-ring (bicyclic) bond motifs is 1. The van der Waals surface area contributed by atoms with Gasteiger partial charge in [-0.05, 0) is 100 Å². The van der Waals surface area contributed by atoms with Crippen molar-refractivity contribution in [3.63, 3.8) is 0 Å². The topological polar surface area (TPSA) is 77.8 Å². The quantitative estimate of drug-likeness (QED) is 0.416. The monoisotopic (exact) mass is 414 g/mol. The molecule has 1 unspecified atom stereocenters. The Labute approximate surface area is 180 Å². The Morgan fingerprint density at radius 1 is 1.07 bits per heavy atom. The molecule has 6 saturated carbocycles. The maximum Gasteiger partial charge on any atom is 0.303 e. The van der Waals surface area contributed by atoms with Crippen molar-refractivity contribution in [1.82, 2.24) is 0 Å². The fraction of sp³-hybridized carbons (Fsp3) is 0.808. The van der Waals surface area contributed by atoms with Crippen LogP contribution in [0.5, 0.6) is 0 Å². The van der Waals surface area contributed by atoms with Crippen LogP contribution >= 0.6 is 0 Å². The SMILES string of the molecule is O=C(O)CCCC=C1C[C@@H]2C[C@@H](O)[C@H](C=CC(O)C34CC5CC(CC(C5)C3)C4)[C@@H]2C1. The molecule has 0 aliphatic heterocycles. The Hall–Kier alpha value is -1.13. The molecule has 6 fully saturated rings. The summed E-state index contributed by atoms with van der Waals surface area (Å²) in [5.74, 6) is 2.96. The average molecular weight is 415 g/mol. The number of hydrogen-bond acceptors (Lipinski definition) is 3. The normalized spacial score (nSPS) is 46.7. The van der Waals surface area contributed by atoms with E-state index >= 15 is 0 Å². The van der Waals surface area contributed by atoms with Crippen LogP contribution in [0.4, 0.5) is 0 Å². The number of carboxylic acids is 1. The fourth-order valence-corrected chi connectivity index (χ4v) is 8.48. The molecule has 0 aromatic rings. The van der Waals surface area contributed by atoms with Crippen molar-refractivity contribution >= 4 is 5.97 Å². The molecule has 4 bridgehead atoms. The first-order valence-electron chi connectivity index (χ1n) is 12.4. The van der Waals surface area contributed by atoms with Gasteiger partial charge in [-0.2, -0.15) is 0 Å². The smallest absolute Gasteiger partial charge is 0.303 e. The average Bonchev–Trinajstić information content (AvgIpc) is 3.18. The van der Waals surface area contributed by atoms with Crippen LogP contribution in [0.15, 0.2) is 23.8 Å². The molecular weight excluding hydrogens is 376 g/mol. The van der Waals surface area contributed by atoms with E-state index in [0.717, 1.165) is 43.4 Å². The van der Waals surface area contributed by atoms with Gasteiger partial charge in [0.15, 0.2) is 0 Å². The number of aliphatic hydroxyl groups is 2. The second-order valence-corrected chi connectivity index (χ2v) is 11.5. The van der Waals surface area contributed by atoms with E-state index in [2.05, 4.69) is 18.2 Å². The highest BCUT2D eigenvalue weighted by Gasteiger charge is 2.53. The van der Waals surface area contributed by atoms with Crippen molar-refractivity contribution in [2.75, 3.05) is 0 Å². The van der Waals surface area contributed by atoms with Gasteiger partial charge in [0.05, 0.1) is 12.2 Å². The predicted molar refractivity (Wildman–Crippen MR) is 116 cm³/mol. The molecule has 4 nitrogen and oxygen atoms in total. The number of allylic oxidation sites excluding steroid dienone is 2. The number of carbonyl (C=O) groups is 1. The third-order valence-corrected chi connectivity index (χ3v) is 9.37. The summed E-state index contributed by atoms with van der Waals surface area (Å²) in [5.41, 5.74) is 1.56. The largest absolute Gasteiger partial charge is 0.481 e. The van der Waals surface area contributed by atoms with Crippen LogP contribution in [0.3, 0.4) is 0 Å². The van der Waals surface area contributed by atoms with Crippen LogP contribution in [0.1, 0.15) is 77.0 Å². The molecule has 6 aliphatic carbocycles. The lowest BCUT2D eigenvalue weighted by Crippen LogP contribution is -2.51. The fourth-order valence-electron chi connectivity index (χ4n) is 8.48. The number of carboxylic acid groups (broad SMARTS) is 1. The molecule has 30 heavy (non-hydrogen) atoms. The zero-order valence-corrected chi connectivity index (χ0v) is 18.1. The van der Waals surface area contributed by atoms with Crippen molar-refractivity contribution in [2.24, 2.45) is 40.9 Å². The minimum Gasteiger partial charge on any atom is -0.481 e. The Balaban J connectivity index is 1.21. The molecule has 0 amide bonds. The van der Waals surface area contributed by atoms with Gasteiger partial charge in [0.25, 0.3) is 0 Å². The summed E-state index contributed by atoms with van der Waals surface area (Å²) in [4.78, 5) is 10.7. The van der Waals surface area contributed by atoms with Gasteiger partial charge < -0.3 is 15.3 Å². The molecule has 6 rings (SSSR count). The summed E-state index contributed by atoms with van der Waals surface area (Å²) < 4.78 is 0. The molecule has 0 radical (unpaired) electrons. The van der Waals surface area contributed by atoms with Gasteiger partial charge in [-0.1, -0.05) is 23.8 Å². The summed E-state index contributed by atoms with van der Waals surface area (Å²) in [6.07, 6.45) is 18.4. The Morgan fingerprint density at radius 3 is 2.37 bits per heavy atom. The Kier molecular flexibility index (Phi) is 5.60. The Bertz CT molecular complexity index is 687. The summed E-state index contributed by atoms with van der Waals surface area (Å²) >= 11 is 0. The van der Waals surface area contributed by atoms with Crippen LogP contribution in [-0.4, -0.2) is 33.5 Å². The molecule has 3 N–H and O–H groups in total. The standard InChI is InChI=1S/C26H38O4/c27-23-12-20-10-16(3-1-2-4-25(29)30)11-22(20)21(23)5-6-24(28)26-13-17-7-18(14-26)9-19(8-17)15-26/h3,5-6,17-24,27-28H,1-2,4,7-15H2,(H,29,30)/t17?,18?,19?,20-,21-,22-,23-,24?,26?/m1/s1. The predicted octanol–water partition coefficient (Wildman–Crippen LogP) is 4.71. The molecule has 0 heterocycles. The van der Waals surface area contributed by atoms with E-state index in [0.29, 0.717) is 18.3 Å². The van der Waals surface area contributed by atoms with Crippen LogP contribution < -0.4 is 0 Å². The van der Waals surface area contributed by atoms with Gasteiger partial charge in [-0.15, -0.1) is 0 Å². The van der Waals surface area contributed by atoms with Crippen molar-refractivity contribution in [1.29, 1.82) is 0 Å². The summed E-state index contributed by atoms with van der Waals surface area (Å²) in [7, 11) is 0. The van der Waals surface area contributed by atoms with Crippen molar-refractivity contribution in [3.8, 4) is 0 Å². The first-order valence-corrected chi connectivity index (χ1v) is 12.4. The summed E-state index contributed by atoms with van der Waals surface area (Å²) in [6.45, 7) is 0. The second kappa shape index (κ2) is 8.09. The Morgan fingerprint density at radius 2 is 1.73 bits per heavy atom. The van der Waals surface area contributed by atoms with Gasteiger partial charge in [0.1, 0.15) is 0 Å². The van der Waals surface area contributed by atoms with E-state index in [1.807, 2.05) is 0 Å². The summed E-state index contributed by atoms with van der Waals surface area (Å²) in [5, 5.41) is 30.7.